The van der Waals surface area contributed by atoms with Crippen molar-refractivity contribution in [3.8, 4) is 16.9 Å². The molecule has 0 atom stereocenters. The maximum atomic E-state index is 5.80. The molecular weight excluding hydrogens is 458 g/mol. The fourth-order valence-electron chi connectivity index (χ4n) is 4.25. The fraction of sp³-hybridized carbons (Fsp3) is 0.120. The highest BCUT2D eigenvalue weighted by atomic mass is 32.1. The van der Waals surface area contributed by atoms with Gasteiger partial charge in [-0.15, -0.1) is 5.10 Å². The summed E-state index contributed by atoms with van der Waals surface area (Å²) in [6.07, 6.45) is 1.70. The molecule has 3 N–H and O–H groups in total. The van der Waals surface area contributed by atoms with Crippen LogP contribution in [-0.2, 0) is 6.67 Å². The number of fused-ring (bicyclic) bond motifs is 2. The second-order valence-corrected chi connectivity index (χ2v) is 8.83. The lowest BCUT2D eigenvalue weighted by atomic mass is 10.1. The first-order chi connectivity index (χ1) is 17.1. The van der Waals surface area contributed by atoms with Crippen LogP contribution in [0.4, 0.5) is 11.5 Å². The Morgan fingerprint density at radius 1 is 1.00 bits per heavy atom. The van der Waals surface area contributed by atoms with Crippen LogP contribution in [0.25, 0.3) is 39.0 Å². The summed E-state index contributed by atoms with van der Waals surface area (Å²) >= 11 is 5.80. The number of nitrogens with one attached hydrogen (secondary N) is 3. The first-order valence-electron chi connectivity index (χ1n) is 11.2. The van der Waals surface area contributed by atoms with Crippen LogP contribution in [0.5, 0.6) is 0 Å². The molecule has 0 radical (unpaired) electrons. The molecule has 3 heterocycles. The van der Waals surface area contributed by atoms with Crippen molar-refractivity contribution in [2.24, 2.45) is 0 Å². The molecule has 0 spiro atoms. The molecular formula is C25H23N9S. The standard InChI is InChI=1S/C25H23N9S/c1-32(2)17-9-7-16(8-10-17)23-24(28-15-33-22-6-4-3-5-20(22)30-31-33)29-25(35)34(23)18-11-12-19-21(13-18)27-14-26-19/h3-14,28H,15H2,1-2H3,(H,26,27)(H,29,35). The van der Waals surface area contributed by atoms with Crippen LogP contribution in [0.15, 0.2) is 73.1 Å². The summed E-state index contributed by atoms with van der Waals surface area (Å²) < 4.78 is 4.46. The van der Waals surface area contributed by atoms with E-state index in [1.165, 1.54) is 0 Å². The molecule has 0 fully saturated rings. The number of hydrogen-bond acceptors (Lipinski definition) is 6. The van der Waals surface area contributed by atoms with Crippen LogP contribution in [0.3, 0.4) is 0 Å². The van der Waals surface area contributed by atoms with Gasteiger partial charge in [-0.05, 0) is 54.7 Å². The zero-order valence-corrected chi connectivity index (χ0v) is 20.0. The molecule has 6 rings (SSSR count). The molecule has 35 heavy (non-hydrogen) atoms. The number of rotatable bonds is 6. The van der Waals surface area contributed by atoms with Crippen molar-refractivity contribution < 1.29 is 0 Å². The Hall–Kier alpha value is -4.44. The van der Waals surface area contributed by atoms with E-state index in [1.807, 2.05) is 59.7 Å². The predicted octanol–water partition coefficient (Wildman–Crippen LogP) is 4.96. The molecule has 3 aromatic carbocycles. The predicted molar refractivity (Wildman–Crippen MR) is 142 cm³/mol. The SMILES string of the molecule is CN(C)c1ccc(-c2c(NCn3nnc4ccccc43)[nH]c(=S)n2-c2ccc3nc[nH]c3c2)cc1. The van der Waals surface area contributed by atoms with Gasteiger partial charge in [-0.1, -0.05) is 29.5 Å². The monoisotopic (exact) mass is 481 g/mol. The van der Waals surface area contributed by atoms with Crippen LogP contribution in [-0.4, -0.2) is 48.6 Å². The summed E-state index contributed by atoms with van der Waals surface area (Å²) in [7, 11) is 4.06. The van der Waals surface area contributed by atoms with E-state index in [0.717, 1.165) is 50.5 Å². The largest absolute Gasteiger partial charge is 0.378 e. The van der Waals surface area contributed by atoms with Gasteiger partial charge in [0.15, 0.2) is 4.77 Å². The third-order valence-electron chi connectivity index (χ3n) is 6.04. The second kappa shape index (κ2) is 8.41. The van der Waals surface area contributed by atoms with Gasteiger partial charge >= 0.3 is 0 Å². The van der Waals surface area contributed by atoms with Crippen molar-refractivity contribution in [1.29, 1.82) is 0 Å². The van der Waals surface area contributed by atoms with Crippen molar-refractivity contribution in [3.63, 3.8) is 0 Å². The van der Waals surface area contributed by atoms with E-state index >= 15 is 0 Å². The third-order valence-corrected chi connectivity index (χ3v) is 6.33. The molecule has 10 heteroatoms. The highest BCUT2D eigenvalue weighted by Gasteiger charge is 2.17. The number of benzene rings is 3. The Balaban J connectivity index is 1.46. The molecule has 0 saturated heterocycles. The Kier molecular flexibility index (Phi) is 5.07. The normalized spacial score (nSPS) is 11.4. The van der Waals surface area contributed by atoms with E-state index in [2.05, 4.69) is 65.8 Å². The van der Waals surface area contributed by atoms with Crippen LogP contribution in [0.1, 0.15) is 0 Å². The smallest absolute Gasteiger partial charge is 0.183 e. The highest BCUT2D eigenvalue weighted by molar-refractivity contribution is 7.71. The van der Waals surface area contributed by atoms with Crippen LogP contribution < -0.4 is 10.2 Å². The average molecular weight is 482 g/mol. The van der Waals surface area contributed by atoms with E-state index < -0.39 is 0 Å². The van der Waals surface area contributed by atoms with Gasteiger partial charge < -0.3 is 20.2 Å². The topological polar surface area (TPSA) is 95.4 Å². The number of para-hydroxylation sites is 1. The number of anilines is 2. The number of aromatic amines is 2. The van der Waals surface area contributed by atoms with Gasteiger partial charge in [0.25, 0.3) is 0 Å². The molecule has 0 aliphatic heterocycles. The summed E-state index contributed by atoms with van der Waals surface area (Å²) in [6, 6.07) is 22.4. The minimum Gasteiger partial charge on any atom is -0.378 e. The van der Waals surface area contributed by atoms with E-state index in [-0.39, 0.29) is 0 Å². The summed E-state index contributed by atoms with van der Waals surface area (Å²) in [5.74, 6) is 0.803. The number of hydrogen-bond donors (Lipinski definition) is 3. The number of aromatic nitrogens is 7. The lowest BCUT2D eigenvalue weighted by molar-refractivity contribution is 0.654. The first-order valence-corrected chi connectivity index (χ1v) is 11.6. The summed E-state index contributed by atoms with van der Waals surface area (Å²) in [4.78, 5) is 13.0. The van der Waals surface area contributed by atoms with Gasteiger partial charge in [-0.3, -0.25) is 4.57 Å². The minimum absolute atomic E-state index is 0.429. The lowest BCUT2D eigenvalue weighted by Gasteiger charge is -2.15. The second-order valence-electron chi connectivity index (χ2n) is 8.45. The van der Waals surface area contributed by atoms with Gasteiger partial charge in [-0.2, -0.15) is 0 Å². The Morgan fingerprint density at radius 2 is 1.83 bits per heavy atom. The molecule has 0 saturated carbocycles. The molecule has 0 unspecified atom stereocenters. The molecule has 0 aliphatic rings. The quantitative estimate of drug-likeness (QED) is 0.291. The van der Waals surface area contributed by atoms with Gasteiger partial charge in [-0.25, -0.2) is 9.67 Å². The highest BCUT2D eigenvalue weighted by Crippen LogP contribution is 2.33. The van der Waals surface area contributed by atoms with Crippen molar-refractivity contribution in [3.05, 3.63) is 77.8 Å². The zero-order valence-electron chi connectivity index (χ0n) is 19.2. The Morgan fingerprint density at radius 3 is 2.66 bits per heavy atom. The van der Waals surface area contributed by atoms with Crippen LogP contribution in [0.2, 0.25) is 0 Å². The van der Waals surface area contributed by atoms with Gasteiger partial charge in [0, 0.05) is 25.3 Å². The Labute approximate surface area is 206 Å². The summed E-state index contributed by atoms with van der Waals surface area (Å²) in [6.45, 7) is 0.429. The number of imidazole rings is 2. The maximum absolute atomic E-state index is 5.80. The summed E-state index contributed by atoms with van der Waals surface area (Å²) in [5, 5.41) is 12.0. The summed E-state index contributed by atoms with van der Waals surface area (Å²) in [5.41, 5.74) is 7.69. The first kappa shape index (κ1) is 21.1. The lowest BCUT2D eigenvalue weighted by Crippen LogP contribution is -2.11. The van der Waals surface area contributed by atoms with Crippen molar-refractivity contribution in [2.45, 2.75) is 6.67 Å². The molecule has 6 aromatic rings. The van der Waals surface area contributed by atoms with Crippen LogP contribution >= 0.6 is 12.2 Å². The van der Waals surface area contributed by atoms with Crippen LogP contribution in [0, 0.1) is 4.77 Å². The van der Waals surface area contributed by atoms with Gasteiger partial charge in [0.1, 0.15) is 18.0 Å². The molecule has 0 amide bonds. The van der Waals surface area contributed by atoms with E-state index in [9.17, 15) is 0 Å². The molecule has 0 aliphatic carbocycles. The molecule has 174 valence electrons. The Bertz CT molecular complexity index is 1700. The van der Waals surface area contributed by atoms with Crippen molar-refractivity contribution >= 4 is 45.8 Å². The van der Waals surface area contributed by atoms with E-state index in [1.54, 1.807) is 6.33 Å². The maximum Gasteiger partial charge on any atom is 0.183 e. The van der Waals surface area contributed by atoms with Gasteiger partial charge in [0.05, 0.1) is 34.3 Å². The number of H-pyrrole nitrogens is 2. The van der Waals surface area contributed by atoms with E-state index in [4.69, 9.17) is 12.2 Å². The average Bonchev–Trinajstić information content (AvgIpc) is 3.59. The molecule has 0 bridgehead atoms. The molecule has 9 nitrogen and oxygen atoms in total. The van der Waals surface area contributed by atoms with Gasteiger partial charge in [0.2, 0.25) is 0 Å². The van der Waals surface area contributed by atoms with Crippen molar-refractivity contribution in [2.75, 3.05) is 24.3 Å². The fourth-order valence-corrected chi connectivity index (χ4v) is 4.55. The number of nitrogens with zero attached hydrogens (tertiary/aromatic N) is 6. The molecule has 3 aromatic heterocycles. The van der Waals surface area contributed by atoms with E-state index in [0.29, 0.717) is 11.4 Å². The minimum atomic E-state index is 0.429. The van der Waals surface area contributed by atoms with Crippen molar-refractivity contribution in [1.82, 2.24) is 34.5 Å². The third kappa shape index (κ3) is 3.73. The zero-order chi connectivity index (χ0) is 23.9.